The Hall–Kier alpha value is -3.67. The molecule has 11 heteroatoms. The molecule has 9 nitrogen and oxygen atoms in total. The highest BCUT2D eigenvalue weighted by Crippen LogP contribution is 2.40. The molecule has 0 amide bonds. The first-order valence-corrected chi connectivity index (χ1v) is 14.1. The number of aliphatic hydroxyl groups excluding tert-OH is 1. The number of hydrogen-bond donors (Lipinski definition) is 2. The Morgan fingerprint density at radius 1 is 1.17 bits per heavy atom. The van der Waals surface area contributed by atoms with Crippen LogP contribution in [0.25, 0.3) is 32.9 Å². The van der Waals surface area contributed by atoms with E-state index in [2.05, 4.69) is 15.0 Å². The zero-order chi connectivity index (χ0) is 30.0. The molecule has 5 rings (SSSR count). The molecule has 42 heavy (non-hydrogen) atoms. The van der Waals surface area contributed by atoms with E-state index >= 15 is 4.39 Å². The maximum absolute atomic E-state index is 16.7. The molecular formula is C31H36F2N4O5. The van der Waals surface area contributed by atoms with Crippen molar-refractivity contribution in [2.24, 2.45) is 5.92 Å². The first kappa shape index (κ1) is 29.8. The van der Waals surface area contributed by atoms with Gasteiger partial charge in [0.1, 0.15) is 28.6 Å². The Kier molecular flexibility index (Phi) is 8.72. The van der Waals surface area contributed by atoms with Crippen molar-refractivity contribution in [3.8, 4) is 23.0 Å². The van der Waals surface area contributed by atoms with E-state index in [1.165, 1.54) is 19.4 Å². The van der Waals surface area contributed by atoms with Crippen LogP contribution in [0.1, 0.15) is 39.2 Å². The molecule has 1 aliphatic heterocycles. The van der Waals surface area contributed by atoms with Crippen LogP contribution in [0.4, 0.5) is 14.6 Å². The summed E-state index contributed by atoms with van der Waals surface area (Å²) in [6.45, 7) is 6.30. The minimum atomic E-state index is -0.948. The number of aromatic nitrogens is 3. The molecule has 1 aliphatic rings. The van der Waals surface area contributed by atoms with Crippen molar-refractivity contribution in [2.45, 2.75) is 45.6 Å². The van der Waals surface area contributed by atoms with Crippen LogP contribution >= 0.6 is 0 Å². The number of nitrogens with zero attached hydrogens (tertiary/aromatic N) is 4. The number of anilines is 1. The summed E-state index contributed by atoms with van der Waals surface area (Å²) in [7, 11) is 1.50. The molecule has 2 aromatic heterocycles. The summed E-state index contributed by atoms with van der Waals surface area (Å²) in [4.78, 5) is 15.4. The number of ether oxygens (including phenoxy) is 3. The number of hydrogen-bond acceptors (Lipinski definition) is 9. The van der Waals surface area contributed by atoms with E-state index in [4.69, 9.17) is 14.2 Å². The maximum Gasteiger partial charge on any atom is 0.319 e. The van der Waals surface area contributed by atoms with E-state index in [1.54, 1.807) is 32.0 Å². The third kappa shape index (κ3) is 5.95. The predicted octanol–water partition coefficient (Wildman–Crippen LogP) is 5.03. The van der Waals surface area contributed by atoms with Crippen molar-refractivity contribution in [1.82, 2.24) is 15.0 Å². The number of methoxy groups -OCH3 is 1. The Morgan fingerprint density at radius 3 is 2.69 bits per heavy atom. The fourth-order valence-corrected chi connectivity index (χ4v) is 5.42. The number of aryl methyl sites for hydroxylation is 1. The lowest BCUT2D eigenvalue weighted by Gasteiger charge is -2.37. The molecule has 2 N–H and O–H groups in total. The number of halogens is 2. The van der Waals surface area contributed by atoms with Gasteiger partial charge in [0.15, 0.2) is 12.6 Å². The van der Waals surface area contributed by atoms with Gasteiger partial charge in [-0.3, -0.25) is 4.98 Å². The number of β-amino-alcohol motifs (C(OH)–C–C–N with tert-alkyl or cyclic N) is 1. The maximum atomic E-state index is 16.7. The SMILES string of the molecule is CCc1c(F)ccc2cc(OCOC)cc(-c3ncc4c(N5CCC[C@@](C)(O)C5)nc(OC[C@H](C)CO)nc4c3F)c12. The van der Waals surface area contributed by atoms with Crippen molar-refractivity contribution < 1.29 is 33.2 Å². The molecule has 0 radical (unpaired) electrons. The topological polar surface area (TPSA) is 110 Å². The molecular weight excluding hydrogens is 546 g/mol. The average molecular weight is 583 g/mol. The van der Waals surface area contributed by atoms with E-state index < -0.39 is 17.2 Å². The number of rotatable bonds is 10. The van der Waals surface area contributed by atoms with Gasteiger partial charge >= 0.3 is 6.01 Å². The van der Waals surface area contributed by atoms with E-state index in [0.717, 1.165) is 6.42 Å². The summed E-state index contributed by atoms with van der Waals surface area (Å²) in [5.74, 6) is -0.503. The summed E-state index contributed by atoms with van der Waals surface area (Å²) in [5, 5.41) is 21.8. The van der Waals surface area contributed by atoms with Gasteiger partial charge in [0.05, 0.1) is 17.6 Å². The molecule has 0 spiro atoms. The number of pyridine rings is 1. The average Bonchev–Trinajstić information content (AvgIpc) is 2.98. The fraction of sp³-hybridized carbons (Fsp3) is 0.452. The zero-order valence-electron chi connectivity index (χ0n) is 24.3. The van der Waals surface area contributed by atoms with Crippen molar-refractivity contribution in [3.05, 3.63) is 47.7 Å². The lowest BCUT2D eigenvalue weighted by atomic mass is 9.94. The Morgan fingerprint density at radius 2 is 1.98 bits per heavy atom. The van der Waals surface area contributed by atoms with Crippen LogP contribution in [0.3, 0.4) is 0 Å². The molecule has 0 aliphatic carbocycles. The third-order valence-electron chi connectivity index (χ3n) is 7.52. The van der Waals surface area contributed by atoms with Gasteiger partial charge in [-0.25, -0.2) is 8.78 Å². The van der Waals surface area contributed by atoms with Crippen molar-refractivity contribution >= 4 is 27.5 Å². The molecule has 3 heterocycles. The molecule has 1 saturated heterocycles. The van der Waals surface area contributed by atoms with Gasteiger partial charge in [-0.2, -0.15) is 9.97 Å². The predicted molar refractivity (Wildman–Crippen MR) is 156 cm³/mol. The number of piperidine rings is 1. The largest absolute Gasteiger partial charge is 0.468 e. The minimum Gasteiger partial charge on any atom is -0.468 e. The highest BCUT2D eigenvalue weighted by molar-refractivity contribution is 6.01. The van der Waals surface area contributed by atoms with Crippen LogP contribution in [0.5, 0.6) is 11.8 Å². The smallest absolute Gasteiger partial charge is 0.319 e. The van der Waals surface area contributed by atoms with Gasteiger partial charge in [-0.15, -0.1) is 0 Å². The second kappa shape index (κ2) is 12.3. The molecule has 0 unspecified atom stereocenters. The van der Waals surface area contributed by atoms with Crippen molar-refractivity contribution in [3.63, 3.8) is 0 Å². The van der Waals surface area contributed by atoms with Gasteiger partial charge in [0.25, 0.3) is 0 Å². The van der Waals surface area contributed by atoms with Crippen LogP contribution in [0, 0.1) is 17.6 Å². The van der Waals surface area contributed by atoms with Crippen LogP contribution in [-0.2, 0) is 11.2 Å². The first-order chi connectivity index (χ1) is 20.2. The summed E-state index contributed by atoms with van der Waals surface area (Å²) < 4.78 is 48.2. The summed E-state index contributed by atoms with van der Waals surface area (Å²) >= 11 is 0. The van der Waals surface area contributed by atoms with E-state index in [1.807, 2.05) is 11.8 Å². The van der Waals surface area contributed by atoms with Gasteiger partial charge < -0.3 is 29.3 Å². The standard InChI is InChI=1S/C31H36F2N4O5/c1-5-21-24(32)8-7-19-11-20(42-17-40-4)12-22(25(19)21)27-26(33)28-23(13-34-27)29(37-10-6-9-31(3,39)16-37)36-30(35-28)41-15-18(2)14-38/h7-8,11-13,18,38-39H,5-6,9-10,14-17H2,1-4H3/t18-,31-/m1/s1. The van der Waals surface area contributed by atoms with Gasteiger partial charge in [0, 0.05) is 44.5 Å². The molecule has 224 valence electrons. The molecule has 2 aromatic carbocycles. The highest BCUT2D eigenvalue weighted by Gasteiger charge is 2.31. The minimum absolute atomic E-state index is 0.0207. The van der Waals surface area contributed by atoms with Crippen LogP contribution in [0.15, 0.2) is 30.5 Å². The van der Waals surface area contributed by atoms with Gasteiger partial charge in [-0.05, 0) is 60.7 Å². The van der Waals surface area contributed by atoms with Crippen molar-refractivity contribution in [1.29, 1.82) is 0 Å². The van der Waals surface area contributed by atoms with Gasteiger partial charge in [-0.1, -0.05) is 19.9 Å². The van der Waals surface area contributed by atoms with Crippen molar-refractivity contribution in [2.75, 3.05) is 45.1 Å². The molecule has 2 atom stereocenters. The highest BCUT2D eigenvalue weighted by atomic mass is 19.1. The summed E-state index contributed by atoms with van der Waals surface area (Å²) in [5.41, 5.74) is -0.209. The number of benzene rings is 2. The lowest BCUT2D eigenvalue weighted by Crippen LogP contribution is -2.46. The first-order valence-electron chi connectivity index (χ1n) is 14.1. The van der Waals surface area contributed by atoms with E-state index in [0.29, 0.717) is 58.2 Å². The quantitative estimate of drug-likeness (QED) is 0.249. The Labute approximate surface area is 243 Å². The molecule has 0 bridgehead atoms. The fourth-order valence-electron chi connectivity index (χ4n) is 5.42. The lowest BCUT2D eigenvalue weighted by molar-refractivity contribution is 0.0447. The Balaban J connectivity index is 1.74. The second-order valence-electron chi connectivity index (χ2n) is 11.1. The zero-order valence-corrected chi connectivity index (χ0v) is 24.3. The van der Waals surface area contributed by atoms with Crippen LogP contribution in [0.2, 0.25) is 0 Å². The summed E-state index contributed by atoms with van der Waals surface area (Å²) in [6.07, 6.45) is 3.24. The summed E-state index contributed by atoms with van der Waals surface area (Å²) in [6, 6.07) is 6.34. The third-order valence-corrected chi connectivity index (χ3v) is 7.52. The van der Waals surface area contributed by atoms with Crippen LogP contribution < -0.4 is 14.4 Å². The normalized spacial score (nSPS) is 18.0. The number of fused-ring (bicyclic) bond motifs is 2. The number of aliphatic hydroxyl groups is 2. The molecule has 4 aromatic rings. The monoisotopic (exact) mass is 582 g/mol. The molecule has 1 fully saturated rings. The van der Waals surface area contributed by atoms with Crippen LogP contribution in [-0.4, -0.2) is 71.0 Å². The van der Waals surface area contributed by atoms with E-state index in [9.17, 15) is 14.6 Å². The van der Waals surface area contributed by atoms with Gasteiger partial charge in [0.2, 0.25) is 0 Å². The second-order valence-corrected chi connectivity index (χ2v) is 11.1. The Bertz CT molecular complexity index is 1600. The molecule has 0 saturated carbocycles. The van der Waals surface area contributed by atoms with E-state index in [-0.39, 0.29) is 49.7 Å².